The van der Waals surface area contributed by atoms with Gasteiger partial charge in [0, 0.05) is 16.5 Å². The molecule has 138 valence electrons. The van der Waals surface area contributed by atoms with Gasteiger partial charge in [-0.25, -0.2) is 9.97 Å². The second-order valence-electron chi connectivity index (χ2n) is 6.26. The zero-order chi connectivity index (χ0) is 19.5. The summed E-state index contributed by atoms with van der Waals surface area (Å²) in [5, 5.41) is 0.937. The average molecular weight is 370 g/mol. The number of carbonyl (C=O) groups is 1. The van der Waals surface area contributed by atoms with Crippen molar-refractivity contribution in [2.75, 3.05) is 14.2 Å². The van der Waals surface area contributed by atoms with Crippen LogP contribution in [0.2, 0.25) is 0 Å². The van der Waals surface area contributed by atoms with E-state index < -0.39 is 0 Å². The third-order valence-electron chi connectivity index (χ3n) is 4.67. The Hall–Kier alpha value is -3.73. The van der Waals surface area contributed by atoms with Gasteiger partial charge in [-0.15, -0.1) is 0 Å². The van der Waals surface area contributed by atoms with Crippen molar-refractivity contribution in [1.82, 2.24) is 9.97 Å². The van der Waals surface area contributed by atoms with Gasteiger partial charge in [-0.1, -0.05) is 30.3 Å². The lowest BCUT2D eigenvalue weighted by Crippen LogP contribution is -1.93. The molecule has 0 fully saturated rings. The molecule has 0 spiro atoms. The number of methoxy groups -OCH3 is 2. The second kappa shape index (κ2) is 7.48. The number of carbonyl (C=O) groups excluding carboxylic acids is 1. The molecule has 4 aromatic rings. The van der Waals surface area contributed by atoms with Gasteiger partial charge in [-0.05, 0) is 41.5 Å². The first-order valence-corrected chi connectivity index (χ1v) is 8.76. The first-order valence-electron chi connectivity index (χ1n) is 8.76. The molecule has 3 aromatic carbocycles. The highest BCUT2D eigenvalue weighted by Gasteiger charge is 2.12. The molecule has 4 rings (SSSR count). The van der Waals surface area contributed by atoms with Crippen molar-refractivity contribution >= 4 is 17.2 Å². The van der Waals surface area contributed by atoms with Gasteiger partial charge in [0.15, 0.2) is 11.5 Å². The number of benzene rings is 3. The minimum Gasteiger partial charge on any atom is -0.493 e. The largest absolute Gasteiger partial charge is 0.493 e. The molecule has 0 aliphatic heterocycles. The Morgan fingerprint density at radius 2 is 1.46 bits per heavy atom. The number of aromatic nitrogens is 2. The summed E-state index contributed by atoms with van der Waals surface area (Å²) in [6, 6.07) is 19.3. The highest BCUT2D eigenvalue weighted by molar-refractivity contribution is 5.95. The lowest BCUT2D eigenvalue weighted by atomic mass is 9.99. The van der Waals surface area contributed by atoms with Crippen LogP contribution < -0.4 is 9.47 Å². The average Bonchev–Trinajstić information content (AvgIpc) is 2.78. The Morgan fingerprint density at radius 1 is 0.750 bits per heavy atom. The maximum Gasteiger partial charge on any atom is 0.161 e. The van der Waals surface area contributed by atoms with Crippen LogP contribution in [-0.2, 0) is 0 Å². The standard InChI is InChI=1S/C23H18N2O3/c1-27-21-10-8-18(12-22(21)28-2)23-19-11-17(7-9-20(19)24-14-25-23)16-5-3-15(13-26)4-6-16/h3-14H,1-2H3. The van der Waals surface area contributed by atoms with Gasteiger partial charge in [0.2, 0.25) is 0 Å². The molecule has 0 amide bonds. The Bertz CT molecular complexity index is 1150. The van der Waals surface area contributed by atoms with Crippen LogP contribution in [-0.4, -0.2) is 30.5 Å². The van der Waals surface area contributed by atoms with Crippen LogP contribution in [0.25, 0.3) is 33.3 Å². The summed E-state index contributed by atoms with van der Waals surface area (Å²) in [7, 11) is 3.22. The van der Waals surface area contributed by atoms with Gasteiger partial charge in [-0.3, -0.25) is 4.79 Å². The predicted octanol–water partition coefficient (Wildman–Crippen LogP) is 4.79. The van der Waals surface area contributed by atoms with Crippen LogP contribution in [0.1, 0.15) is 10.4 Å². The van der Waals surface area contributed by atoms with E-state index in [4.69, 9.17) is 9.47 Å². The molecule has 0 atom stereocenters. The summed E-state index contributed by atoms with van der Waals surface area (Å²) in [5.41, 5.74) is 5.29. The lowest BCUT2D eigenvalue weighted by Gasteiger charge is -2.11. The highest BCUT2D eigenvalue weighted by atomic mass is 16.5. The SMILES string of the molecule is COc1ccc(-c2ncnc3ccc(-c4ccc(C=O)cc4)cc23)cc1OC. The molecule has 0 N–H and O–H groups in total. The smallest absolute Gasteiger partial charge is 0.161 e. The summed E-state index contributed by atoms with van der Waals surface area (Å²) in [5.74, 6) is 1.31. The molecule has 0 unspecified atom stereocenters. The fraction of sp³-hybridized carbons (Fsp3) is 0.0870. The first kappa shape index (κ1) is 17.7. The number of hydrogen-bond acceptors (Lipinski definition) is 5. The van der Waals surface area contributed by atoms with E-state index in [0.717, 1.165) is 39.6 Å². The summed E-state index contributed by atoms with van der Waals surface area (Å²) < 4.78 is 10.8. The fourth-order valence-electron chi connectivity index (χ4n) is 3.20. The minimum atomic E-state index is 0.646. The highest BCUT2D eigenvalue weighted by Crippen LogP contribution is 2.35. The summed E-state index contributed by atoms with van der Waals surface area (Å²) >= 11 is 0. The van der Waals surface area contributed by atoms with Gasteiger partial charge in [-0.2, -0.15) is 0 Å². The van der Waals surface area contributed by atoms with Gasteiger partial charge >= 0.3 is 0 Å². The molecule has 5 heteroatoms. The van der Waals surface area contributed by atoms with Crippen LogP contribution >= 0.6 is 0 Å². The molecule has 0 saturated heterocycles. The zero-order valence-corrected chi connectivity index (χ0v) is 15.5. The summed E-state index contributed by atoms with van der Waals surface area (Å²) in [6.07, 6.45) is 2.40. The van der Waals surface area contributed by atoms with E-state index in [1.807, 2.05) is 54.6 Å². The number of hydrogen-bond donors (Lipinski definition) is 0. The Labute approximate surface area is 162 Å². The van der Waals surface area contributed by atoms with Gasteiger partial charge in [0.25, 0.3) is 0 Å². The number of ether oxygens (including phenoxy) is 2. The van der Waals surface area contributed by atoms with E-state index in [1.165, 1.54) is 0 Å². The topological polar surface area (TPSA) is 61.3 Å². The molecule has 1 heterocycles. The van der Waals surface area contributed by atoms with E-state index in [9.17, 15) is 4.79 Å². The van der Waals surface area contributed by atoms with Crippen LogP contribution in [0.5, 0.6) is 11.5 Å². The minimum absolute atomic E-state index is 0.646. The number of aldehydes is 1. The van der Waals surface area contributed by atoms with E-state index in [1.54, 1.807) is 20.5 Å². The molecular weight excluding hydrogens is 352 g/mol. The van der Waals surface area contributed by atoms with Crippen molar-refractivity contribution in [3.8, 4) is 33.9 Å². The Balaban J connectivity index is 1.86. The maximum absolute atomic E-state index is 10.9. The monoisotopic (exact) mass is 370 g/mol. The van der Waals surface area contributed by atoms with E-state index in [-0.39, 0.29) is 0 Å². The van der Waals surface area contributed by atoms with Crippen molar-refractivity contribution in [2.45, 2.75) is 0 Å². The molecule has 0 saturated carbocycles. The molecule has 1 aromatic heterocycles. The van der Waals surface area contributed by atoms with Crippen molar-refractivity contribution in [2.24, 2.45) is 0 Å². The van der Waals surface area contributed by atoms with Gasteiger partial charge < -0.3 is 9.47 Å². The lowest BCUT2D eigenvalue weighted by molar-refractivity contribution is 0.112. The van der Waals surface area contributed by atoms with E-state index in [2.05, 4.69) is 16.0 Å². The normalized spacial score (nSPS) is 10.6. The number of fused-ring (bicyclic) bond motifs is 1. The third-order valence-corrected chi connectivity index (χ3v) is 4.67. The molecule has 0 aliphatic rings. The summed E-state index contributed by atoms with van der Waals surface area (Å²) in [6.45, 7) is 0. The third kappa shape index (κ3) is 3.18. The zero-order valence-electron chi connectivity index (χ0n) is 15.5. The van der Waals surface area contributed by atoms with Crippen LogP contribution in [0.15, 0.2) is 67.0 Å². The molecule has 28 heavy (non-hydrogen) atoms. The van der Waals surface area contributed by atoms with Crippen molar-refractivity contribution < 1.29 is 14.3 Å². The number of nitrogens with zero attached hydrogens (tertiary/aromatic N) is 2. The first-order chi connectivity index (χ1) is 13.7. The molecule has 0 aliphatic carbocycles. The van der Waals surface area contributed by atoms with E-state index >= 15 is 0 Å². The van der Waals surface area contributed by atoms with Crippen molar-refractivity contribution in [3.05, 3.63) is 72.6 Å². The van der Waals surface area contributed by atoms with Crippen LogP contribution in [0, 0.1) is 0 Å². The molecule has 0 bridgehead atoms. The van der Waals surface area contributed by atoms with Crippen molar-refractivity contribution in [1.29, 1.82) is 0 Å². The fourth-order valence-corrected chi connectivity index (χ4v) is 3.20. The predicted molar refractivity (Wildman–Crippen MR) is 109 cm³/mol. The van der Waals surface area contributed by atoms with Crippen LogP contribution in [0.3, 0.4) is 0 Å². The van der Waals surface area contributed by atoms with Crippen molar-refractivity contribution in [3.63, 3.8) is 0 Å². The van der Waals surface area contributed by atoms with Gasteiger partial charge in [0.1, 0.15) is 12.6 Å². The van der Waals surface area contributed by atoms with E-state index in [0.29, 0.717) is 17.1 Å². The summed E-state index contributed by atoms with van der Waals surface area (Å²) in [4.78, 5) is 19.8. The molecular formula is C23H18N2O3. The second-order valence-corrected chi connectivity index (χ2v) is 6.26. The molecule has 5 nitrogen and oxygen atoms in total. The Kier molecular flexibility index (Phi) is 4.72. The molecule has 0 radical (unpaired) electrons. The Morgan fingerprint density at radius 3 is 2.18 bits per heavy atom. The van der Waals surface area contributed by atoms with Crippen LogP contribution in [0.4, 0.5) is 0 Å². The maximum atomic E-state index is 10.9. The number of rotatable bonds is 5. The quantitative estimate of drug-likeness (QED) is 0.473. The van der Waals surface area contributed by atoms with Gasteiger partial charge in [0.05, 0.1) is 25.4 Å².